The number of aromatic nitrogens is 2. The van der Waals surface area contributed by atoms with Crippen molar-refractivity contribution in [3.05, 3.63) is 11.8 Å². The summed E-state index contributed by atoms with van der Waals surface area (Å²) in [6, 6.07) is 0. The van der Waals surface area contributed by atoms with Crippen molar-refractivity contribution in [3.63, 3.8) is 0 Å². The Labute approximate surface area is 71.4 Å². The molecule has 4 heteroatoms. The highest BCUT2D eigenvalue weighted by atomic mass is 16.4. The molecule has 0 spiro atoms. The molecular weight excluding hydrogens is 154 g/mol. The van der Waals surface area contributed by atoms with E-state index in [4.69, 9.17) is 4.42 Å². The zero-order chi connectivity index (χ0) is 8.60. The molecule has 1 aromatic rings. The van der Waals surface area contributed by atoms with Crippen molar-refractivity contribution in [3.8, 4) is 0 Å². The maximum atomic E-state index is 5.39. The van der Waals surface area contributed by atoms with Gasteiger partial charge in [-0.25, -0.2) is 0 Å². The Morgan fingerprint density at radius 2 is 2.33 bits per heavy atom. The van der Waals surface area contributed by atoms with E-state index in [1.807, 2.05) is 6.92 Å². The number of hydrogen-bond donors (Lipinski definition) is 1. The summed E-state index contributed by atoms with van der Waals surface area (Å²) < 4.78 is 5.39. The lowest BCUT2D eigenvalue weighted by Gasteiger charge is -2.18. The molecule has 4 nitrogen and oxygen atoms in total. The molecule has 1 fully saturated rings. The van der Waals surface area contributed by atoms with Crippen molar-refractivity contribution in [2.45, 2.75) is 32.2 Å². The highest BCUT2D eigenvalue weighted by molar-refractivity contribution is 5.02. The Hall–Kier alpha value is -0.900. The minimum absolute atomic E-state index is 0.0821. The van der Waals surface area contributed by atoms with Crippen LogP contribution in [0.2, 0.25) is 0 Å². The van der Waals surface area contributed by atoms with Crippen molar-refractivity contribution >= 4 is 0 Å². The van der Waals surface area contributed by atoms with Crippen LogP contribution in [0.3, 0.4) is 0 Å². The van der Waals surface area contributed by atoms with Gasteiger partial charge in [-0.05, 0) is 26.3 Å². The molecule has 0 amide bonds. The standard InChI is InChI=1S/C8H13N3O/c1-6-10-11-7(12-6)8(2)4-3-5-9-8/h9H,3-5H2,1-2H3/t8-/m0/s1. The van der Waals surface area contributed by atoms with Crippen LogP contribution in [0.25, 0.3) is 0 Å². The topological polar surface area (TPSA) is 51.0 Å². The average molecular weight is 167 g/mol. The van der Waals surface area contributed by atoms with Crippen LogP contribution < -0.4 is 5.32 Å². The number of nitrogens with zero attached hydrogens (tertiary/aromatic N) is 2. The zero-order valence-electron chi connectivity index (χ0n) is 7.42. The molecule has 12 heavy (non-hydrogen) atoms. The zero-order valence-corrected chi connectivity index (χ0v) is 7.42. The second-order valence-corrected chi connectivity index (χ2v) is 3.49. The van der Waals surface area contributed by atoms with Gasteiger partial charge in [0.2, 0.25) is 11.8 Å². The summed E-state index contributed by atoms with van der Waals surface area (Å²) in [5, 5.41) is 11.2. The van der Waals surface area contributed by atoms with Gasteiger partial charge in [-0.15, -0.1) is 10.2 Å². The van der Waals surface area contributed by atoms with Crippen LogP contribution in [-0.4, -0.2) is 16.7 Å². The van der Waals surface area contributed by atoms with Gasteiger partial charge in [-0.3, -0.25) is 0 Å². The van der Waals surface area contributed by atoms with Gasteiger partial charge >= 0.3 is 0 Å². The number of nitrogens with one attached hydrogen (secondary N) is 1. The quantitative estimate of drug-likeness (QED) is 0.677. The fourth-order valence-electron chi connectivity index (χ4n) is 1.60. The van der Waals surface area contributed by atoms with Gasteiger partial charge in [-0.2, -0.15) is 0 Å². The maximum Gasteiger partial charge on any atom is 0.236 e. The van der Waals surface area contributed by atoms with E-state index in [2.05, 4.69) is 22.4 Å². The molecule has 0 saturated carbocycles. The Balaban J connectivity index is 2.28. The van der Waals surface area contributed by atoms with E-state index >= 15 is 0 Å². The second kappa shape index (κ2) is 2.55. The number of rotatable bonds is 1. The molecule has 1 atom stereocenters. The van der Waals surface area contributed by atoms with E-state index in [1.165, 1.54) is 6.42 Å². The third-order valence-electron chi connectivity index (χ3n) is 2.37. The lowest BCUT2D eigenvalue weighted by molar-refractivity contribution is 0.313. The predicted molar refractivity (Wildman–Crippen MR) is 43.6 cm³/mol. The third-order valence-corrected chi connectivity index (χ3v) is 2.37. The summed E-state index contributed by atoms with van der Waals surface area (Å²) >= 11 is 0. The van der Waals surface area contributed by atoms with Crippen LogP contribution in [0.4, 0.5) is 0 Å². The summed E-state index contributed by atoms with van der Waals surface area (Å²) in [7, 11) is 0. The van der Waals surface area contributed by atoms with E-state index in [0.717, 1.165) is 18.9 Å². The van der Waals surface area contributed by atoms with Gasteiger partial charge in [0.05, 0.1) is 5.54 Å². The van der Waals surface area contributed by atoms with Crippen molar-refractivity contribution in [2.24, 2.45) is 0 Å². The third kappa shape index (κ3) is 1.12. The smallest absolute Gasteiger partial charge is 0.236 e. The molecule has 66 valence electrons. The van der Waals surface area contributed by atoms with Crippen LogP contribution in [0.1, 0.15) is 31.5 Å². The van der Waals surface area contributed by atoms with Crippen LogP contribution in [0.15, 0.2) is 4.42 Å². The van der Waals surface area contributed by atoms with Crippen LogP contribution in [0, 0.1) is 6.92 Å². The minimum atomic E-state index is -0.0821. The van der Waals surface area contributed by atoms with E-state index in [1.54, 1.807) is 0 Å². The molecule has 2 heterocycles. The Kier molecular flexibility index (Phi) is 1.65. The molecule has 1 N–H and O–H groups in total. The van der Waals surface area contributed by atoms with Gasteiger partial charge in [-0.1, -0.05) is 0 Å². The summed E-state index contributed by atoms with van der Waals surface area (Å²) in [5.74, 6) is 1.36. The summed E-state index contributed by atoms with van der Waals surface area (Å²) in [6.07, 6.45) is 2.26. The van der Waals surface area contributed by atoms with E-state index in [-0.39, 0.29) is 5.54 Å². The van der Waals surface area contributed by atoms with Crippen LogP contribution in [0.5, 0.6) is 0 Å². The first-order valence-corrected chi connectivity index (χ1v) is 4.26. The summed E-state index contributed by atoms with van der Waals surface area (Å²) in [4.78, 5) is 0. The fraction of sp³-hybridized carbons (Fsp3) is 0.750. The second-order valence-electron chi connectivity index (χ2n) is 3.49. The van der Waals surface area contributed by atoms with E-state index in [9.17, 15) is 0 Å². The number of hydrogen-bond acceptors (Lipinski definition) is 4. The number of aryl methyl sites for hydroxylation is 1. The summed E-state index contributed by atoms with van der Waals surface area (Å²) in [6.45, 7) is 4.96. The molecule has 0 bridgehead atoms. The van der Waals surface area contributed by atoms with Gasteiger partial charge in [0, 0.05) is 6.92 Å². The van der Waals surface area contributed by atoms with Gasteiger partial charge in [0.25, 0.3) is 0 Å². The lowest BCUT2D eigenvalue weighted by Crippen LogP contribution is -2.33. The SMILES string of the molecule is Cc1nnc([C@]2(C)CCCN2)o1. The molecule has 0 unspecified atom stereocenters. The van der Waals surface area contributed by atoms with Crippen molar-refractivity contribution in [1.29, 1.82) is 0 Å². The molecule has 1 aromatic heterocycles. The Bertz CT molecular complexity index is 276. The molecule has 0 aromatic carbocycles. The lowest BCUT2D eigenvalue weighted by atomic mass is 10.0. The normalized spacial score (nSPS) is 29.5. The monoisotopic (exact) mass is 167 g/mol. The van der Waals surface area contributed by atoms with Crippen LogP contribution >= 0.6 is 0 Å². The first-order chi connectivity index (χ1) is 5.71. The molecule has 1 saturated heterocycles. The van der Waals surface area contributed by atoms with E-state index in [0.29, 0.717) is 5.89 Å². The largest absolute Gasteiger partial charge is 0.424 e. The van der Waals surface area contributed by atoms with Crippen molar-refractivity contribution in [1.82, 2.24) is 15.5 Å². The molecule has 1 aliphatic rings. The maximum absolute atomic E-state index is 5.39. The minimum Gasteiger partial charge on any atom is -0.424 e. The summed E-state index contributed by atoms with van der Waals surface area (Å²) in [5.41, 5.74) is -0.0821. The van der Waals surface area contributed by atoms with Gasteiger partial charge in [0.15, 0.2) is 0 Å². The molecule has 0 radical (unpaired) electrons. The van der Waals surface area contributed by atoms with Gasteiger partial charge < -0.3 is 9.73 Å². The molecular formula is C8H13N3O. The average Bonchev–Trinajstić information content (AvgIpc) is 2.59. The van der Waals surface area contributed by atoms with E-state index < -0.39 is 0 Å². The molecule has 2 rings (SSSR count). The highest BCUT2D eigenvalue weighted by Gasteiger charge is 2.34. The molecule has 1 aliphatic heterocycles. The molecule has 0 aliphatic carbocycles. The predicted octanol–water partition coefficient (Wildman–Crippen LogP) is 0.977. The van der Waals surface area contributed by atoms with Gasteiger partial charge in [0.1, 0.15) is 0 Å². The first kappa shape index (κ1) is 7.73. The highest BCUT2D eigenvalue weighted by Crippen LogP contribution is 2.28. The van der Waals surface area contributed by atoms with Crippen molar-refractivity contribution < 1.29 is 4.42 Å². The Morgan fingerprint density at radius 3 is 2.83 bits per heavy atom. The fourth-order valence-corrected chi connectivity index (χ4v) is 1.60. The Morgan fingerprint density at radius 1 is 1.50 bits per heavy atom. The van der Waals surface area contributed by atoms with Crippen LogP contribution in [-0.2, 0) is 5.54 Å². The first-order valence-electron chi connectivity index (χ1n) is 4.26. The van der Waals surface area contributed by atoms with Crippen molar-refractivity contribution in [2.75, 3.05) is 6.54 Å².